The lowest BCUT2D eigenvalue weighted by molar-refractivity contribution is -0.383. The van der Waals surface area contributed by atoms with Gasteiger partial charge in [-0.3, -0.25) is 14.9 Å². The highest BCUT2D eigenvalue weighted by atomic mass is 16.6. The number of nitro groups is 1. The number of rotatable bonds is 7. The molecule has 0 aliphatic carbocycles. The maximum atomic E-state index is 12.0. The molecule has 0 bridgehead atoms. The van der Waals surface area contributed by atoms with Gasteiger partial charge in [0.25, 0.3) is 11.6 Å². The highest BCUT2D eigenvalue weighted by molar-refractivity contribution is 5.95. The van der Waals surface area contributed by atoms with E-state index >= 15 is 0 Å². The lowest BCUT2D eigenvalue weighted by atomic mass is 10.1. The van der Waals surface area contributed by atoms with Gasteiger partial charge < -0.3 is 15.4 Å². The van der Waals surface area contributed by atoms with Crippen LogP contribution in [0.25, 0.3) is 0 Å². The number of ether oxygens (including phenoxy) is 1. The molecule has 20 heavy (non-hydrogen) atoms. The quantitative estimate of drug-likeness (QED) is 0.585. The van der Waals surface area contributed by atoms with E-state index in [1.807, 2.05) is 6.92 Å². The highest BCUT2D eigenvalue weighted by Crippen LogP contribution is 2.24. The van der Waals surface area contributed by atoms with Crippen LogP contribution < -0.4 is 10.6 Å². The molecule has 7 nitrogen and oxygen atoms in total. The Morgan fingerprint density at radius 1 is 1.50 bits per heavy atom. The topological polar surface area (TPSA) is 93.5 Å². The number of nitro benzene ring substituents is 1. The average Bonchev–Trinajstić information content (AvgIpc) is 2.44. The second kappa shape index (κ2) is 7.44. The van der Waals surface area contributed by atoms with Gasteiger partial charge in [0.1, 0.15) is 5.69 Å². The van der Waals surface area contributed by atoms with E-state index in [9.17, 15) is 14.9 Å². The lowest BCUT2D eigenvalue weighted by Crippen LogP contribution is -2.29. The molecule has 0 saturated heterocycles. The summed E-state index contributed by atoms with van der Waals surface area (Å²) >= 11 is 0. The van der Waals surface area contributed by atoms with Crippen molar-refractivity contribution in [2.45, 2.75) is 6.92 Å². The fourth-order valence-corrected chi connectivity index (χ4v) is 1.75. The Balaban J connectivity index is 2.76. The van der Waals surface area contributed by atoms with E-state index in [1.165, 1.54) is 18.2 Å². The van der Waals surface area contributed by atoms with Gasteiger partial charge in [0, 0.05) is 32.3 Å². The third-order valence-corrected chi connectivity index (χ3v) is 2.79. The third-order valence-electron chi connectivity index (χ3n) is 2.79. The molecule has 1 aromatic carbocycles. The van der Waals surface area contributed by atoms with Gasteiger partial charge in [0.05, 0.1) is 11.5 Å². The summed E-state index contributed by atoms with van der Waals surface area (Å²) in [4.78, 5) is 22.3. The Labute approximate surface area is 117 Å². The third kappa shape index (κ3) is 4.20. The van der Waals surface area contributed by atoms with Crippen molar-refractivity contribution in [2.24, 2.45) is 5.92 Å². The molecule has 1 unspecified atom stereocenters. The maximum Gasteiger partial charge on any atom is 0.292 e. The van der Waals surface area contributed by atoms with Crippen molar-refractivity contribution in [1.82, 2.24) is 5.32 Å². The molecule has 0 saturated carbocycles. The number of nitrogens with zero attached hydrogens (tertiary/aromatic N) is 1. The van der Waals surface area contributed by atoms with Gasteiger partial charge in [0.2, 0.25) is 0 Å². The Morgan fingerprint density at radius 3 is 2.75 bits per heavy atom. The minimum absolute atomic E-state index is 0.0585. The Kier molecular flexibility index (Phi) is 5.92. The molecule has 7 heteroatoms. The largest absolute Gasteiger partial charge is 0.384 e. The molecule has 1 amide bonds. The molecule has 0 spiro atoms. The van der Waals surface area contributed by atoms with Crippen LogP contribution in [0.2, 0.25) is 0 Å². The van der Waals surface area contributed by atoms with Crippen molar-refractivity contribution in [3.05, 3.63) is 33.9 Å². The van der Waals surface area contributed by atoms with Gasteiger partial charge in [-0.2, -0.15) is 0 Å². The van der Waals surface area contributed by atoms with Crippen LogP contribution in [0.1, 0.15) is 17.3 Å². The monoisotopic (exact) mass is 281 g/mol. The molecular formula is C13H19N3O4. The van der Waals surface area contributed by atoms with E-state index in [1.54, 1.807) is 14.2 Å². The molecule has 2 N–H and O–H groups in total. The Bertz CT molecular complexity index is 491. The first-order valence-electron chi connectivity index (χ1n) is 6.23. The zero-order valence-corrected chi connectivity index (χ0v) is 11.8. The number of benzene rings is 1. The average molecular weight is 281 g/mol. The summed E-state index contributed by atoms with van der Waals surface area (Å²) in [5, 5.41) is 16.3. The van der Waals surface area contributed by atoms with Gasteiger partial charge in [-0.15, -0.1) is 0 Å². The van der Waals surface area contributed by atoms with E-state index < -0.39 is 4.92 Å². The van der Waals surface area contributed by atoms with Gasteiger partial charge in [-0.25, -0.2) is 0 Å². The number of hydrogen-bond donors (Lipinski definition) is 2. The molecule has 0 aliphatic heterocycles. The second-order valence-electron chi connectivity index (χ2n) is 4.51. The molecule has 0 fully saturated rings. The molecule has 1 aromatic rings. The SMILES string of the molecule is CNc1cc(C(=O)NCC(C)COC)ccc1[N+](=O)[O-]. The van der Waals surface area contributed by atoms with Gasteiger partial charge in [-0.1, -0.05) is 6.92 Å². The number of carbonyl (C=O) groups excluding carboxylic acids is 1. The van der Waals surface area contributed by atoms with E-state index in [0.717, 1.165) is 0 Å². The summed E-state index contributed by atoms with van der Waals surface area (Å²) in [6.07, 6.45) is 0. The van der Waals surface area contributed by atoms with Gasteiger partial charge >= 0.3 is 0 Å². The predicted molar refractivity (Wildman–Crippen MR) is 76.0 cm³/mol. The van der Waals surface area contributed by atoms with Crippen molar-refractivity contribution in [2.75, 3.05) is 32.6 Å². The first-order chi connectivity index (χ1) is 9.49. The summed E-state index contributed by atoms with van der Waals surface area (Å²) in [7, 11) is 3.18. The number of hydrogen-bond acceptors (Lipinski definition) is 5. The van der Waals surface area contributed by atoms with Gasteiger partial charge in [-0.05, 0) is 18.1 Å². The maximum absolute atomic E-state index is 12.0. The molecule has 1 atom stereocenters. The van der Waals surface area contributed by atoms with E-state index in [0.29, 0.717) is 24.4 Å². The number of nitrogens with one attached hydrogen (secondary N) is 2. The fourth-order valence-electron chi connectivity index (χ4n) is 1.75. The summed E-state index contributed by atoms with van der Waals surface area (Å²) in [5.74, 6) is -0.0647. The van der Waals surface area contributed by atoms with E-state index in [-0.39, 0.29) is 17.5 Å². The number of anilines is 1. The summed E-state index contributed by atoms with van der Waals surface area (Å²) < 4.78 is 4.98. The first kappa shape index (κ1) is 15.9. The summed E-state index contributed by atoms with van der Waals surface area (Å²) in [6.45, 7) is 3.00. The summed E-state index contributed by atoms with van der Waals surface area (Å²) in [5.41, 5.74) is 0.633. The van der Waals surface area contributed by atoms with Crippen molar-refractivity contribution in [3.63, 3.8) is 0 Å². The van der Waals surface area contributed by atoms with E-state index in [4.69, 9.17) is 4.74 Å². The smallest absolute Gasteiger partial charge is 0.292 e. The highest BCUT2D eigenvalue weighted by Gasteiger charge is 2.16. The van der Waals surface area contributed by atoms with Crippen LogP contribution in [0, 0.1) is 16.0 Å². The van der Waals surface area contributed by atoms with Crippen LogP contribution in [-0.4, -0.2) is 38.1 Å². The van der Waals surface area contributed by atoms with Crippen molar-refractivity contribution < 1.29 is 14.5 Å². The van der Waals surface area contributed by atoms with E-state index in [2.05, 4.69) is 10.6 Å². The van der Waals surface area contributed by atoms with Crippen LogP contribution in [0.4, 0.5) is 11.4 Å². The van der Waals surface area contributed by atoms with Crippen LogP contribution in [0.3, 0.4) is 0 Å². The van der Waals surface area contributed by atoms with Crippen molar-refractivity contribution in [3.8, 4) is 0 Å². The molecule has 0 aliphatic rings. The fraction of sp³-hybridized carbons (Fsp3) is 0.462. The number of amides is 1. The zero-order chi connectivity index (χ0) is 15.1. The normalized spacial score (nSPS) is 11.8. The standard InChI is InChI=1S/C13H19N3O4/c1-9(8-20-3)7-15-13(17)10-4-5-12(16(18)19)11(6-10)14-2/h4-6,9,14H,7-8H2,1-3H3,(H,15,17). The summed E-state index contributed by atoms with van der Waals surface area (Å²) in [6, 6.07) is 4.23. The zero-order valence-electron chi connectivity index (χ0n) is 11.8. The Morgan fingerprint density at radius 2 is 2.20 bits per heavy atom. The molecular weight excluding hydrogens is 262 g/mol. The Hall–Kier alpha value is -2.15. The van der Waals surface area contributed by atoms with Crippen molar-refractivity contribution in [1.29, 1.82) is 0 Å². The van der Waals surface area contributed by atoms with Crippen molar-refractivity contribution >= 4 is 17.3 Å². The predicted octanol–water partition coefficient (Wildman–Crippen LogP) is 1.65. The molecule has 110 valence electrons. The molecule has 0 radical (unpaired) electrons. The molecule has 0 heterocycles. The first-order valence-corrected chi connectivity index (χ1v) is 6.23. The van der Waals surface area contributed by atoms with Crippen LogP contribution in [0.15, 0.2) is 18.2 Å². The minimum Gasteiger partial charge on any atom is -0.384 e. The number of methoxy groups -OCH3 is 1. The van der Waals surface area contributed by atoms with Gasteiger partial charge in [0.15, 0.2) is 0 Å². The number of carbonyl (C=O) groups is 1. The van der Waals surface area contributed by atoms with Crippen LogP contribution in [-0.2, 0) is 4.74 Å². The van der Waals surface area contributed by atoms with Crippen LogP contribution >= 0.6 is 0 Å². The minimum atomic E-state index is -0.492. The molecule has 1 rings (SSSR count). The molecule has 0 aromatic heterocycles. The lowest BCUT2D eigenvalue weighted by Gasteiger charge is -2.12. The van der Waals surface area contributed by atoms with Crippen LogP contribution in [0.5, 0.6) is 0 Å². The second-order valence-corrected chi connectivity index (χ2v) is 4.51.